The van der Waals surface area contributed by atoms with Crippen LogP contribution in [0.15, 0.2) is 65.7 Å². The van der Waals surface area contributed by atoms with Crippen molar-refractivity contribution in [3.63, 3.8) is 0 Å². The maximum absolute atomic E-state index is 13.5. The predicted octanol–water partition coefficient (Wildman–Crippen LogP) is 2.27. The highest BCUT2D eigenvalue weighted by atomic mass is 16.5. The van der Waals surface area contributed by atoms with Gasteiger partial charge in [0.1, 0.15) is 17.5 Å². The Bertz CT molecular complexity index is 1940. The number of likely N-dealkylation sites (N-methyl/N-ethyl adjacent to an activating group) is 1. The third-order valence-corrected chi connectivity index (χ3v) is 7.96. The molecule has 232 valence electrons. The monoisotopic (exact) mass is 610 g/mol. The van der Waals surface area contributed by atoms with Crippen LogP contribution in [0.25, 0.3) is 11.5 Å². The van der Waals surface area contributed by atoms with E-state index in [9.17, 15) is 14.4 Å². The molecule has 14 heteroatoms. The first kappa shape index (κ1) is 29.4. The molecule has 4 aromatic heterocycles. The van der Waals surface area contributed by atoms with Gasteiger partial charge in [0.2, 0.25) is 5.91 Å². The van der Waals surface area contributed by atoms with Gasteiger partial charge in [-0.15, -0.1) is 5.10 Å². The molecular weight excluding hydrogens is 576 g/mol. The van der Waals surface area contributed by atoms with E-state index < -0.39 is 11.9 Å². The Morgan fingerprint density at radius 3 is 2.56 bits per heavy atom. The van der Waals surface area contributed by atoms with E-state index >= 15 is 0 Å². The van der Waals surface area contributed by atoms with Crippen LogP contribution in [0.4, 0.5) is 17.2 Å². The number of carbonyl (C=O) groups is 2. The minimum absolute atomic E-state index is 0.143. The Balaban J connectivity index is 1.39. The van der Waals surface area contributed by atoms with Gasteiger partial charge in [0, 0.05) is 58.3 Å². The number of aromatic nitrogens is 6. The first-order valence-electron chi connectivity index (χ1n) is 14.4. The molecule has 45 heavy (non-hydrogen) atoms. The maximum Gasteiger partial charge on any atom is 0.280 e. The highest BCUT2D eigenvalue weighted by Crippen LogP contribution is 2.27. The number of hydrogen-bond acceptors (Lipinski definition) is 9. The number of likely N-dealkylation sites (tertiary alicyclic amines) is 1. The van der Waals surface area contributed by atoms with E-state index in [1.54, 1.807) is 48.1 Å². The normalized spacial score (nSPS) is 14.6. The van der Waals surface area contributed by atoms with Crippen LogP contribution in [-0.4, -0.2) is 79.5 Å². The molecule has 2 N–H and O–H groups in total. The summed E-state index contributed by atoms with van der Waals surface area (Å²) in [5.41, 5.74) is 3.13. The molecule has 1 saturated heterocycles. The first-order valence-corrected chi connectivity index (χ1v) is 14.4. The molecule has 1 aliphatic rings. The van der Waals surface area contributed by atoms with Crippen LogP contribution < -0.4 is 25.8 Å². The summed E-state index contributed by atoms with van der Waals surface area (Å²) in [5, 5.41) is 15.1. The zero-order chi connectivity index (χ0) is 31.8. The molecule has 1 fully saturated rings. The average molecular weight is 611 g/mol. The van der Waals surface area contributed by atoms with Crippen molar-refractivity contribution < 1.29 is 14.3 Å². The lowest BCUT2D eigenvalue weighted by atomic mass is 10.2. The molecule has 5 heterocycles. The molecule has 2 amide bonds. The molecule has 0 aliphatic carbocycles. The second-order valence-corrected chi connectivity index (χ2v) is 11.1. The van der Waals surface area contributed by atoms with E-state index in [0.29, 0.717) is 42.5 Å². The van der Waals surface area contributed by atoms with Crippen LogP contribution in [0.2, 0.25) is 0 Å². The third-order valence-electron chi connectivity index (χ3n) is 7.96. The van der Waals surface area contributed by atoms with Gasteiger partial charge in [0.15, 0.2) is 23.0 Å². The topological polar surface area (TPSA) is 144 Å². The number of nitrogens with zero attached hydrogens (tertiary/aromatic N) is 8. The molecule has 6 rings (SSSR count). The van der Waals surface area contributed by atoms with E-state index in [1.807, 2.05) is 56.3 Å². The third kappa shape index (κ3) is 5.69. The number of pyridine rings is 1. The Morgan fingerprint density at radius 2 is 1.89 bits per heavy atom. The Labute approximate surface area is 258 Å². The summed E-state index contributed by atoms with van der Waals surface area (Å²) in [6, 6.07) is 14.1. The van der Waals surface area contributed by atoms with Crippen LogP contribution in [0.3, 0.4) is 0 Å². The van der Waals surface area contributed by atoms with Gasteiger partial charge in [0.05, 0.1) is 19.0 Å². The number of imidazole rings is 1. The second kappa shape index (κ2) is 11.8. The highest BCUT2D eigenvalue weighted by molar-refractivity contribution is 5.97. The number of amides is 2. The van der Waals surface area contributed by atoms with Gasteiger partial charge in [-0.1, -0.05) is 12.1 Å². The van der Waals surface area contributed by atoms with Crippen molar-refractivity contribution in [2.24, 2.45) is 7.05 Å². The lowest BCUT2D eigenvalue weighted by Crippen LogP contribution is -2.41. The Hall–Kier alpha value is -5.66. The van der Waals surface area contributed by atoms with Gasteiger partial charge in [-0.3, -0.25) is 23.6 Å². The largest absolute Gasteiger partial charge is 0.497 e. The predicted molar refractivity (Wildman–Crippen MR) is 168 cm³/mol. The van der Waals surface area contributed by atoms with Gasteiger partial charge in [-0.25, -0.2) is 9.50 Å². The first-order chi connectivity index (χ1) is 21.6. The molecule has 0 unspecified atom stereocenters. The molecule has 14 nitrogen and oxygen atoms in total. The fourth-order valence-electron chi connectivity index (χ4n) is 5.29. The van der Waals surface area contributed by atoms with Crippen molar-refractivity contribution >= 4 is 34.7 Å². The van der Waals surface area contributed by atoms with Crippen LogP contribution in [0.1, 0.15) is 28.2 Å². The summed E-state index contributed by atoms with van der Waals surface area (Å²) in [4.78, 5) is 47.6. The van der Waals surface area contributed by atoms with Crippen LogP contribution in [0.5, 0.6) is 5.75 Å². The summed E-state index contributed by atoms with van der Waals surface area (Å²) < 4.78 is 9.88. The van der Waals surface area contributed by atoms with Gasteiger partial charge < -0.3 is 25.2 Å². The number of benzene rings is 1. The van der Waals surface area contributed by atoms with Gasteiger partial charge in [-0.2, -0.15) is 5.10 Å². The number of anilines is 3. The maximum atomic E-state index is 13.5. The average Bonchev–Trinajstić information content (AvgIpc) is 3.70. The van der Waals surface area contributed by atoms with Crippen LogP contribution in [-0.2, 0) is 18.4 Å². The quantitative estimate of drug-likeness (QED) is 0.257. The van der Waals surface area contributed by atoms with E-state index in [2.05, 4.69) is 25.8 Å². The lowest BCUT2D eigenvalue weighted by molar-refractivity contribution is -0.128. The van der Waals surface area contributed by atoms with Crippen LogP contribution in [0, 0.1) is 6.92 Å². The summed E-state index contributed by atoms with van der Waals surface area (Å²) in [6.45, 7) is 2.99. The minimum atomic E-state index is -0.621. The molecule has 1 atom stereocenters. The zero-order valence-electron chi connectivity index (χ0n) is 25.7. The highest BCUT2D eigenvalue weighted by Gasteiger charge is 2.31. The fraction of sp³-hybridized carbons (Fsp3) is 0.290. The van der Waals surface area contributed by atoms with Gasteiger partial charge in [0.25, 0.3) is 11.5 Å². The summed E-state index contributed by atoms with van der Waals surface area (Å²) in [7, 11) is 7.05. The number of methoxy groups -OCH3 is 1. The fourth-order valence-corrected chi connectivity index (χ4v) is 5.29. The van der Waals surface area contributed by atoms with E-state index in [0.717, 1.165) is 17.0 Å². The van der Waals surface area contributed by atoms with Crippen molar-refractivity contribution in [1.29, 1.82) is 0 Å². The summed E-state index contributed by atoms with van der Waals surface area (Å²) in [6.07, 6.45) is 3.61. The van der Waals surface area contributed by atoms with Crippen LogP contribution >= 0.6 is 0 Å². The van der Waals surface area contributed by atoms with E-state index in [1.165, 1.54) is 15.3 Å². The van der Waals surface area contributed by atoms with Crippen molar-refractivity contribution in [1.82, 2.24) is 39.2 Å². The molecular formula is C31H34N10O4. The van der Waals surface area contributed by atoms with Crippen molar-refractivity contribution in [2.75, 3.05) is 38.0 Å². The Morgan fingerprint density at radius 1 is 1.11 bits per heavy atom. The molecule has 0 bridgehead atoms. The zero-order valence-corrected chi connectivity index (χ0v) is 25.7. The Kier molecular flexibility index (Phi) is 7.71. The standard InChI is InChI=1S/C31H34N10O4/c1-19-15-27(36-39(19)4)40-13-6-7-22(31(40)44)33-26-16-24(38(3)18-20-8-10-21(45-5)11-9-20)28-32-17-25(41(28)35-26)29(42)34-23-12-14-37(2)30(23)43/h6-11,13,15-17,23H,12,14,18H2,1-5H3,(H,33,35)(H,34,42)/t23-/m1/s1. The second-order valence-electron chi connectivity index (χ2n) is 11.1. The molecule has 5 aromatic rings. The van der Waals surface area contributed by atoms with E-state index in [-0.39, 0.29) is 22.8 Å². The number of aryl methyl sites for hydroxylation is 2. The summed E-state index contributed by atoms with van der Waals surface area (Å²) >= 11 is 0. The molecule has 0 radical (unpaired) electrons. The number of ether oxygens (including phenoxy) is 1. The van der Waals surface area contributed by atoms with Crippen molar-refractivity contribution in [2.45, 2.75) is 25.9 Å². The molecule has 0 spiro atoms. The minimum Gasteiger partial charge on any atom is -0.497 e. The number of nitrogens with one attached hydrogen (secondary N) is 2. The molecule has 1 aliphatic heterocycles. The molecule has 0 saturated carbocycles. The summed E-state index contributed by atoms with van der Waals surface area (Å²) in [5.74, 6) is 0.944. The number of rotatable bonds is 9. The van der Waals surface area contributed by atoms with Gasteiger partial charge in [-0.05, 0) is 43.2 Å². The van der Waals surface area contributed by atoms with Crippen molar-refractivity contribution in [3.05, 3.63) is 88.2 Å². The molecule has 1 aromatic carbocycles. The van der Waals surface area contributed by atoms with E-state index in [4.69, 9.17) is 4.74 Å². The number of hydrogen-bond donors (Lipinski definition) is 2. The van der Waals surface area contributed by atoms with Crippen molar-refractivity contribution in [3.8, 4) is 11.6 Å². The smallest absolute Gasteiger partial charge is 0.280 e. The lowest BCUT2D eigenvalue weighted by Gasteiger charge is -2.21. The van der Waals surface area contributed by atoms with Gasteiger partial charge >= 0.3 is 0 Å². The number of carbonyl (C=O) groups excluding carboxylic acids is 2. The SMILES string of the molecule is COc1ccc(CN(C)c2cc(Nc3cccn(-c4cc(C)n(C)n4)c3=O)nn3c(C(=O)N[C@@H]4CCN(C)C4=O)cnc23)cc1. The number of fused-ring (bicyclic) bond motifs is 1.